The van der Waals surface area contributed by atoms with Crippen LogP contribution in [0.2, 0.25) is 0 Å². The molecule has 1 aliphatic carbocycles. The van der Waals surface area contributed by atoms with Gasteiger partial charge in [0.05, 0.1) is 17.9 Å². The van der Waals surface area contributed by atoms with Gasteiger partial charge >= 0.3 is 12.5 Å². The first-order chi connectivity index (χ1) is 15.1. The fraction of sp³-hybridized carbons (Fsp3) is 0.364. The van der Waals surface area contributed by atoms with Crippen molar-refractivity contribution in [2.45, 2.75) is 37.6 Å². The Labute approximate surface area is 182 Å². The largest absolute Gasteiger partial charge is 0.573 e. The summed E-state index contributed by atoms with van der Waals surface area (Å²) < 4.78 is 46.9. The molecule has 0 bridgehead atoms. The van der Waals surface area contributed by atoms with E-state index in [1.165, 1.54) is 6.07 Å². The molecule has 0 radical (unpaired) electrons. The summed E-state index contributed by atoms with van der Waals surface area (Å²) in [7, 11) is 0. The normalized spacial score (nSPS) is 23.2. The highest BCUT2D eigenvalue weighted by atomic mass is 19.4. The maximum absolute atomic E-state index is 12.7. The summed E-state index contributed by atoms with van der Waals surface area (Å²) in [5.74, 6) is -1.19. The Bertz CT molecular complexity index is 1010. The number of halogens is 3. The van der Waals surface area contributed by atoms with Crippen LogP contribution in [0.3, 0.4) is 0 Å². The lowest BCUT2D eigenvalue weighted by molar-refractivity contribution is -0.274. The van der Waals surface area contributed by atoms with Crippen LogP contribution in [0.1, 0.15) is 25.7 Å². The molecule has 1 aliphatic heterocycles. The lowest BCUT2D eigenvalue weighted by Gasteiger charge is -2.34. The number of carbonyl (C=O) groups is 2. The minimum absolute atomic E-state index is 0.0552. The minimum atomic E-state index is -4.85. The predicted molar refractivity (Wildman–Crippen MR) is 111 cm³/mol. The van der Waals surface area contributed by atoms with Crippen molar-refractivity contribution in [1.82, 2.24) is 0 Å². The molecule has 4 rings (SSSR count). The van der Waals surface area contributed by atoms with Gasteiger partial charge in [-0.15, -0.1) is 13.2 Å². The first-order valence-corrected chi connectivity index (χ1v) is 10.2. The molecule has 32 heavy (non-hydrogen) atoms. The Morgan fingerprint density at radius 1 is 1.16 bits per heavy atom. The molecule has 0 aromatic heterocycles. The highest BCUT2D eigenvalue weighted by Crippen LogP contribution is 2.41. The van der Waals surface area contributed by atoms with Gasteiger partial charge in [0.25, 0.3) is 0 Å². The summed E-state index contributed by atoms with van der Waals surface area (Å²) in [6, 6.07) is 12.6. The summed E-state index contributed by atoms with van der Waals surface area (Å²) in [6.45, 7) is 0.411. The Morgan fingerprint density at radius 2 is 1.84 bits per heavy atom. The average molecular weight is 449 g/mol. The fourth-order valence-electron chi connectivity index (χ4n) is 4.17. The van der Waals surface area contributed by atoms with Crippen molar-refractivity contribution in [3.05, 3.63) is 48.5 Å². The number of nitrogens with zero attached hydrogens (tertiary/aromatic N) is 1. The second kappa shape index (κ2) is 8.25. The third kappa shape index (κ3) is 4.74. The Kier molecular flexibility index (Phi) is 5.62. The number of alkyl halides is 3. The lowest BCUT2D eigenvalue weighted by Crippen LogP contribution is -2.41. The smallest absolute Gasteiger partial charge is 0.441 e. The minimum Gasteiger partial charge on any atom is -0.441 e. The van der Waals surface area contributed by atoms with Gasteiger partial charge in [0, 0.05) is 17.7 Å². The van der Waals surface area contributed by atoms with Crippen molar-refractivity contribution < 1.29 is 32.2 Å². The van der Waals surface area contributed by atoms with E-state index in [2.05, 4.69) is 10.1 Å². The third-order valence-corrected chi connectivity index (χ3v) is 5.82. The van der Waals surface area contributed by atoms with E-state index in [-0.39, 0.29) is 23.2 Å². The molecule has 2 aliphatic rings. The molecular formula is C22H22F3N3O4. The number of hydrogen-bond donors (Lipinski definition) is 2. The average Bonchev–Trinajstić information content (AvgIpc) is 3.06. The molecule has 2 aromatic carbocycles. The standard InChI is InChI=1S/C22H22F3N3O4/c23-22(24,25)31-16-6-7-17(26)18(12-16)27-19(29)14-8-10-21(11-9-14)13-28(20(30)32-21)15-4-2-1-3-5-15/h1-7,12,14H,8-11,13,26H2,(H,27,29). The number of anilines is 3. The maximum atomic E-state index is 12.7. The van der Waals surface area contributed by atoms with Gasteiger partial charge in [-0.25, -0.2) is 4.79 Å². The van der Waals surface area contributed by atoms with Gasteiger partial charge in [-0.2, -0.15) is 0 Å². The van der Waals surface area contributed by atoms with Gasteiger partial charge in [-0.3, -0.25) is 9.69 Å². The van der Waals surface area contributed by atoms with Crippen molar-refractivity contribution in [2.24, 2.45) is 5.92 Å². The molecule has 1 saturated heterocycles. The molecule has 1 spiro atoms. The molecule has 3 N–H and O–H groups in total. The molecule has 170 valence electrons. The monoisotopic (exact) mass is 449 g/mol. The van der Waals surface area contributed by atoms with E-state index >= 15 is 0 Å². The van der Waals surface area contributed by atoms with Gasteiger partial charge in [-0.1, -0.05) is 18.2 Å². The van der Waals surface area contributed by atoms with Gasteiger partial charge in [-0.05, 0) is 49.9 Å². The van der Waals surface area contributed by atoms with E-state index in [0.29, 0.717) is 32.2 Å². The SMILES string of the molecule is Nc1ccc(OC(F)(F)F)cc1NC(=O)C1CCC2(CC1)CN(c1ccccc1)C(=O)O2. The number of amides is 2. The molecule has 10 heteroatoms. The number of rotatable bonds is 4. The maximum Gasteiger partial charge on any atom is 0.573 e. The molecule has 2 fully saturated rings. The Hall–Kier alpha value is -3.43. The van der Waals surface area contributed by atoms with E-state index in [1.54, 1.807) is 4.90 Å². The fourth-order valence-corrected chi connectivity index (χ4v) is 4.17. The number of carbonyl (C=O) groups excluding carboxylic acids is 2. The van der Waals surface area contributed by atoms with E-state index in [1.807, 2.05) is 30.3 Å². The van der Waals surface area contributed by atoms with Crippen molar-refractivity contribution in [1.29, 1.82) is 0 Å². The molecule has 0 atom stereocenters. The molecule has 0 unspecified atom stereocenters. The van der Waals surface area contributed by atoms with Gasteiger partial charge in [0.2, 0.25) is 5.91 Å². The molecule has 1 saturated carbocycles. The number of ether oxygens (including phenoxy) is 2. The van der Waals surface area contributed by atoms with Gasteiger partial charge in [0.15, 0.2) is 0 Å². The molecule has 1 heterocycles. The summed E-state index contributed by atoms with van der Waals surface area (Å²) in [4.78, 5) is 26.7. The summed E-state index contributed by atoms with van der Waals surface area (Å²) in [5, 5.41) is 2.60. The quantitative estimate of drug-likeness (QED) is 0.661. The number of nitrogens with one attached hydrogen (secondary N) is 1. The van der Waals surface area contributed by atoms with E-state index in [4.69, 9.17) is 10.5 Å². The van der Waals surface area contributed by atoms with E-state index in [9.17, 15) is 22.8 Å². The first kappa shape index (κ1) is 21.8. The van der Waals surface area contributed by atoms with Crippen LogP contribution in [-0.2, 0) is 9.53 Å². The molecule has 7 nitrogen and oxygen atoms in total. The number of para-hydroxylation sites is 1. The van der Waals surface area contributed by atoms with E-state index < -0.39 is 23.8 Å². The van der Waals surface area contributed by atoms with Crippen molar-refractivity contribution >= 4 is 29.1 Å². The van der Waals surface area contributed by atoms with Crippen LogP contribution in [0.25, 0.3) is 0 Å². The summed E-state index contributed by atoms with van der Waals surface area (Å²) in [5.41, 5.74) is 6.09. The van der Waals surface area contributed by atoms with Crippen molar-refractivity contribution in [2.75, 3.05) is 22.5 Å². The van der Waals surface area contributed by atoms with Crippen LogP contribution in [0, 0.1) is 5.92 Å². The van der Waals surface area contributed by atoms with Crippen molar-refractivity contribution in [3.63, 3.8) is 0 Å². The zero-order chi connectivity index (χ0) is 22.9. The molecule has 2 aromatic rings. The number of nitrogen functional groups attached to an aromatic ring is 1. The Morgan fingerprint density at radius 3 is 2.50 bits per heavy atom. The summed E-state index contributed by atoms with van der Waals surface area (Å²) >= 11 is 0. The number of benzene rings is 2. The van der Waals surface area contributed by atoms with Crippen LogP contribution in [0.5, 0.6) is 5.75 Å². The topological polar surface area (TPSA) is 93.9 Å². The number of nitrogens with two attached hydrogens (primary N) is 1. The highest BCUT2D eigenvalue weighted by molar-refractivity contribution is 5.96. The second-order valence-corrected chi connectivity index (χ2v) is 8.03. The van der Waals surface area contributed by atoms with E-state index in [0.717, 1.165) is 17.8 Å². The van der Waals surface area contributed by atoms with Crippen molar-refractivity contribution in [3.8, 4) is 5.75 Å². The second-order valence-electron chi connectivity index (χ2n) is 8.03. The zero-order valence-electron chi connectivity index (χ0n) is 17.0. The molecular weight excluding hydrogens is 427 g/mol. The summed E-state index contributed by atoms with van der Waals surface area (Å²) in [6.07, 6.45) is -3.30. The van der Waals surface area contributed by atoms with Crippen LogP contribution < -0.4 is 20.7 Å². The first-order valence-electron chi connectivity index (χ1n) is 10.2. The zero-order valence-corrected chi connectivity index (χ0v) is 17.0. The number of hydrogen-bond acceptors (Lipinski definition) is 5. The predicted octanol–water partition coefficient (Wildman–Crippen LogP) is 4.69. The van der Waals surface area contributed by atoms with Crippen LogP contribution >= 0.6 is 0 Å². The lowest BCUT2D eigenvalue weighted by atomic mass is 9.78. The highest BCUT2D eigenvalue weighted by Gasteiger charge is 2.48. The van der Waals surface area contributed by atoms with Gasteiger partial charge in [0.1, 0.15) is 11.4 Å². The van der Waals surface area contributed by atoms with Crippen LogP contribution in [0.15, 0.2) is 48.5 Å². The Balaban J connectivity index is 1.37. The third-order valence-electron chi connectivity index (χ3n) is 5.82. The van der Waals surface area contributed by atoms with Crippen LogP contribution in [0.4, 0.5) is 35.0 Å². The molecule has 2 amide bonds. The van der Waals surface area contributed by atoms with Gasteiger partial charge < -0.3 is 20.5 Å². The van der Waals surface area contributed by atoms with Crippen LogP contribution in [-0.4, -0.2) is 30.5 Å².